The minimum Gasteiger partial charge on any atom is -0.493 e. The lowest BCUT2D eigenvalue weighted by Gasteiger charge is -2.25. The number of carbonyl (C=O) groups excluding carboxylic acids is 2. The molecule has 1 heterocycles. The van der Waals surface area contributed by atoms with Crippen molar-refractivity contribution in [2.24, 2.45) is 17.8 Å². The highest BCUT2D eigenvalue weighted by Gasteiger charge is 2.39. The number of rotatable bonds is 5. The SMILES string of the molecule is CC1CC1C(=O)Nc1ccc(C(=O)NCC2COc3ccccc3C2)cc1. The van der Waals surface area contributed by atoms with E-state index in [1.54, 1.807) is 24.3 Å². The van der Waals surface area contributed by atoms with E-state index >= 15 is 0 Å². The Morgan fingerprint density at radius 1 is 1.11 bits per heavy atom. The maximum Gasteiger partial charge on any atom is 0.251 e. The molecule has 2 N–H and O–H groups in total. The van der Waals surface area contributed by atoms with Gasteiger partial charge in [-0.1, -0.05) is 25.1 Å². The smallest absolute Gasteiger partial charge is 0.251 e. The molecule has 0 spiro atoms. The van der Waals surface area contributed by atoms with E-state index in [1.807, 2.05) is 18.2 Å². The Balaban J connectivity index is 1.28. The van der Waals surface area contributed by atoms with E-state index in [9.17, 15) is 9.59 Å². The number of amides is 2. The summed E-state index contributed by atoms with van der Waals surface area (Å²) >= 11 is 0. The van der Waals surface area contributed by atoms with Crippen molar-refractivity contribution in [3.63, 3.8) is 0 Å². The molecule has 1 aliphatic heterocycles. The average Bonchev–Trinajstić information content (AvgIpc) is 3.43. The van der Waals surface area contributed by atoms with E-state index in [-0.39, 0.29) is 23.7 Å². The van der Waals surface area contributed by atoms with Gasteiger partial charge < -0.3 is 15.4 Å². The van der Waals surface area contributed by atoms with E-state index in [4.69, 9.17) is 4.74 Å². The third kappa shape index (κ3) is 4.13. The quantitative estimate of drug-likeness (QED) is 0.856. The summed E-state index contributed by atoms with van der Waals surface area (Å²) in [5.74, 6) is 1.78. The molecule has 0 saturated heterocycles. The van der Waals surface area contributed by atoms with Crippen molar-refractivity contribution in [3.05, 3.63) is 59.7 Å². The third-order valence-electron chi connectivity index (χ3n) is 5.37. The van der Waals surface area contributed by atoms with Crippen LogP contribution in [0.3, 0.4) is 0 Å². The fraction of sp³-hybridized carbons (Fsp3) is 0.364. The van der Waals surface area contributed by atoms with Gasteiger partial charge in [-0.05, 0) is 54.7 Å². The van der Waals surface area contributed by atoms with Gasteiger partial charge in [-0.25, -0.2) is 0 Å². The highest BCUT2D eigenvalue weighted by atomic mass is 16.5. The molecule has 27 heavy (non-hydrogen) atoms. The molecule has 3 unspecified atom stereocenters. The highest BCUT2D eigenvalue weighted by Crippen LogP contribution is 2.38. The van der Waals surface area contributed by atoms with Crippen LogP contribution in [0, 0.1) is 17.8 Å². The fourth-order valence-corrected chi connectivity index (χ4v) is 3.49. The molecule has 2 aromatic carbocycles. The maximum absolute atomic E-state index is 12.4. The first-order valence-electron chi connectivity index (χ1n) is 9.50. The van der Waals surface area contributed by atoms with Gasteiger partial charge in [0, 0.05) is 29.6 Å². The van der Waals surface area contributed by atoms with Gasteiger partial charge in [0.25, 0.3) is 5.91 Å². The molecular weight excluding hydrogens is 340 g/mol. The first kappa shape index (κ1) is 17.6. The van der Waals surface area contributed by atoms with Crippen molar-refractivity contribution < 1.29 is 14.3 Å². The van der Waals surface area contributed by atoms with Gasteiger partial charge in [-0.15, -0.1) is 0 Å². The fourth-order valence-electron chi connectivity index (χ4n) is 3.49. The van der Waals surface area contributed by atoms with Crippen LogP contribution in [0.15, 0.2) is 48.5 Å². The number of anilines is 1. The Kier molecular flexibility index (Phi) is 4.84. The molecule has 2 aromatic rings. The zero-order valence-corrected chi connectivity index (χ0v) is 15.4. The molecule has 3 atom stereocenters. The van der Waals surface area contributed by atoms with Crippen LogP contribution in [0.4, 0.5) is 5.69 Å². The standard InChI is InChI=1S/C22H24N2O3/c1-14-10-19(14)22(26)24-18-8-6-16(7-9-18)21(25)23-12-15-11-17-4-2-3-5-20(17)27-13-15/h2-9,14-15,19H,10-13H2,1H3,(H,23,25)(H,24,26). The van der Waals surface area contributed by atoms with Gasteiger partial charge >= 0.3 is 0 Å². The largest absolute Gasteiger partial charge is 0.493 e. The van der Waals surface area contributed by atoms with Crippen LogP contribution in [-0.4, -0.2) is 25.0 Å². The predicted molar refractivity (Wildman–Crippen MR) is 104 cm³/mol. The van der Waals surface area contributed by atoms with Gasteiger partial charge in [-0.2, -0.15) is 0 Å². The summed E-state index contributed by atoms with van der Waals surface area (Å²) in [6, 6.07) is 15.1. The summed E-state index contributed by atoms with van der Waals surface area (Å²) in [4.78, 5) is 24.4. The van der Waals surface area contributed by atoms with Crippen molar-refractivity contribution >= 4 is 17.5 Å². The second kappa shape index (κ2) is 7.43. The zero-order chi connectivity index (χ0) is 18.8. The second-order valence-electron chi connectivity index (χ2n) is 7.58. The number of hydrogen-bond donors (Lipinski definition) is 2. The topological polar surface area (TPSA) is 67.4 Å². The summed E-state index contributed by atoms with van der Waals surface area (Å²) in [5, 5.41) is 5.89. The molecule has 5 heteroatoms. The normalized spacial score (nSPS) is 22.9. The summed E-state index contributed by atoms with van der Waals surface area (Å²) < 4.78 is 5.77. The lowest BCUT2D eigenvalue weighted by molar-refractivity contribution is -0.117. The van der Waals surface area contributed by atoms with Gasteiger partial charge in [0.05, 0.1) is 6.61 Å². The summed E-state index contributed by atoms with van der Waals surface area (Å²) in [6.07, 6.45) is 1.86. The molecule has 1 aliphatic carbocycles. The minimum absolute atomic E-state index is 0.0669. The van der Waals surface area contributed by atoms with Crippen molar-refractivity contribution in [2.45, 2.75) is 19.8 Å². The molecular formula is C22H24N2O3. The number of fused-ring (bicyclic) bond motifs is 1. The molecule has 2 amide bonds. The number of nitrogens with one attached hydrogen (secondary N) is 2. The summed E-state index contributed by atoms with van der Waals surface area (Å²) in [5.41, 5.74) is 2.51. The van der Waals surface area contributed by atoms with Crippen LogP contribution >= 0.6 is 0 Å². The van der Waals surface area contributed by atoms with Gasteiger partial charge in [0.15, 0.2) is 0 Å². The predicted octanol–water partition coefficient (Wildman–Crippen LogP) is 3.26. The summed E-state index contributed by atoms with van der Waals surface area (Å²) in [6.45, 7) is 3.26. The molecule has 0 bridgehead atoms. The Morgan fingerprint density at radius 2 is 1.85 bits per heavy atom. The molecule has 2 aliphatic rings. The van der Waals surface area contributed by atoms with Crippen molar-refractivity contribution in [3.8, 4) is 5.75 Å². The number of benzene rings is 2. The first-order chi connectivity index (χ1) is 13.1. The van der Waals surface area contributed by atoms with E-state index in [0.717, 1.165) is 24.3 Å². The van der Waals surface area contributed by atoms with Gasteiger partial charge in [0.1, 0.15) is 5.75 Å². The minimum atomic E-state index is -0.109. The van der Waals surface area contributed by atoms with E-state index in [1.165, 1.54) is 5.56 Å². The highest BCUT2D eigenvalue weighted by molar-refractivity contribution is 5.96. The lowest BCUT2D eigenvalue weighted by atomic mass is 9.96. The zero-order valence-electron chi connectivity index (χ0n) is 15.4. The van der Waals surface area contributed by atoms with Crippen LogP contribution in [0.2, 0.25) is 0 Å². The van der Waals surface area contributed by atoms with Crippen LogP contribution in [-0.2, 0) is 11.2 Å². The van der Waals surface area contributed by atoms with Gasteiger partial charge in [-0.3, -0.25) is 9.59 Å². The molecule has 1 fully saturated rings. The molecule has 5 nitrogen and oxygen atoms in total. The number of hydrogen-bond acceptors (Lipinski definition) is 3. The second-order valence-corrected chi connectivity index (χ2v) is 7.58. The van der Waals surface area contributed by atoms with Crippen LogP contribution in [0.25, 0.3) is 0 Å². The van der Waals surface area contributed by atoms with Crippen LogP contribution in [0.1, 0.15) is 29.3 Å². The van der Waals surface area contributed by atoms with Crippen LogP contribution in [0.5, 0.6) is 5.75 Å². The number of ether oxygens (including phenoxy) is 1. The monoisotopic (exact) mass is 364 g/mol. The Labute approximate surface area is 159 Å². The number of para-hydroxylation sites is 1. The molecule has 1 saturated carbocycles. The Hall–Kier alpha value is -2.82. The lowest BCUT2D eigenvalue weighted by Crippen LogP contribution is -2.34. The van der Waals surface area contributed by atoms with E-state index in [0.29, 0.717) is 24.6 Å². The molecule has 0 radical (unpaired) electrons. The molecule has 0 aromatic heterocycles. The van der Waals surface area contributed by atoms with Crippen molar-refractivity contribution in [1.82, 2.24) is 5.32 Å². The average molecular weight is 364 g/mol. The molecule has 140 valence electrons. The summed E-state index contributed by atoms with van der Waals surface area (Å²) in [7, 11) is 0. The van der Waals surface area contributed by atoms with Gasteiger partial charge in [0.2, 0.25) is 5.91 Å². The van der Waals surface area contributed by atoms with Crippen molar-refractivity contribution in [2.75, 3.05) is 18.5 Å². The first-order valence-corrected chi connectivity index (χ1v) is 9.50. The third-order valence-corrected chi connectivity index (χ3v) is 5.37. The number of carbonyl (C=O) groups is 2. The Morgan fingerprint density at radius 3 is 2.59 bits per heavy atom. The van der Waals surface area contributed by atoms with E-state index < -0.39 is 0 Å². The maximum atomic E-state index is 12.4. The van der Waals surface area contributed by atoms with Crippen molar-refractivity contribution in [1.29, 1.82) is 0 Å². The Bertz CT molecular complexity index is 847. The molecule has 4 rings (SSSR count). The van der Waals surface area contributed by atoms with Crippen LogP contribution < -0.4 is 15.4 Å². The van der Waals surface area contributed by atoms with E-state index in [2.05, 4.69) is 23.6 Å².